The maximum atomic E-state index is 5.74. The van der Waals surface area contributed by atoms with Crippen LogP contribution in [-0.4, -0.2) is 20.4 Å². The van der Waals surface area contributed by atoms with Crippen molar-refractivity contribution in [1.29, 1.82) is 0 Å². The molecule has 2 heterocycles. The van der Waals surface area contributed by atoms with Crippen LogP contribution < -0.4 is 10.6 Å². The van der Waals surface area contributed by atoms with Crippen LogP contribution >= 0.6 is 0 Å². The molecule has 0 saturated carbocycles. The summed E-state index contributed by atoms with van der Waals surface area (Å²) in [5, 5.41) is 22.6. The quantitative estimate of drug-likeness (QED) is 0.348. The summed E-state index contributed by atoms with van der Waals surface area (Å²) in [6.45, 7) is 4.05. The summed E-state index contributed by atoms with van der Waals surface area (Å²) in [5.74, 6) is 0.832. The standard InChI is InChI=1S/C24H20N6O2/c1-15-5-3-7-19(13-15)25-23-29-27-21(31-23)17-9-11-18(12-10-17)22-28-30-24(32-22)26-20-8-4-6-16(2)14-20/h3-14H,1-2H3,(H,25,29)(H,26,30). The molecule has 2 aromatic heterocycles. The van der Waals surface area contributed by atoms with Gasteiger partial charge in [-0.15, -0.1) is 10.2 Å². The normalized spacial score (nSPS) is 10.8. The van der Waals surface area contributed by atoms with Crippen LogP contribution in [-0.2, 0) is 0 Å². The maximum absolute atomic E-state index is 5.74. The van der Waals surface area contributed by atoms with Crippen LogP contribution in [0.3, 0.4) is 0 Å². The number of aromatic nitrogens is 4. The van der Waals surface area contributed by atoms with Crippen LogP contribution in [0.1, 0.15) is 11.1 Å². The van der Waals surface area contributed by atoms with Gasteiger partial charge in [0.25, 0.3) is 0 Å². The third-order valence-corrected chi connectivity index (χ3v) is 4.77. The van der Waals surface area contributed by atoms with E-state index in [-0.39, 0.29) is 0 Å². The summed E-state index contributed by atoms with van der Waals surface area (Å²) >= 11 is 0. The van der Waals surface area contributed by atoms with Gasteiger partial charge in [0.15, 0.2) is 0 Å². The summed E-state index contributed by atoms with van der Waals surface area (Å²) in [4.78, 5) is 0. The number of hydrogen-bond acceptors (Lipinski definition) is 8. The fourth-order valence-corrected chi connectivity index (χ4v) is 3.23. The molecule has 0 radical (unpaired) electrons. The minimum atomic E-state index is 0.332. The van der Waals surface area contributed by atoms with Gasteiger partial charge < -0.3 is 19.5 Å². The van der Waals surface area contributed by atoms with E-state index in [4.69, 9.17) is 8.83 Å². The highest BCUT2D eigenvalue weighted by Crippen LogP contribution is 2.27. The number of hydrogen-bond donors (Lipinski definition) is 2. The number of nitrogens with zero attached hydrogens (tertiary/aromatic N) is 4. The maximum Gasteiger partial charge on any atom is 0.320 e. The van der Waals surface area contributed by atoms with Gasteiger partial charge in [-0.25, -0.2) is 0 Å². The zero-order valence-corrected chi connectivity index (χ0v) is 17.5. The summed E-state index contributed by atoms with van der Waals surface area (Å²) in [6, 6.07) is 24.0. The molecule has 0 aliphatic carbocycles. The molecule has 0 aliphatic heterocycles. The zero-order chi connectivity index (χ0) is 21.9. The Hall–Kier alpha value is -4.46. The molecule has 5 rings (SSSR count). The molecule has 8 heteroatoms. The zero-order valence-electron chi connectivity index (χ0n) is 17.5. The first-order valence-electron chi connectivity index (χ1n) is 10.1. The van der Waals surface area contributed by atoms with Gasteiger partial charge in [0.05, 0.1) is 0 Å². The van der Waals surface area contributed by atoms with Crippen LogP contribution in [0.2, 0.25) is 0 Å². The van der Waals surface area contributed by atoms with Gasteiger partial charge in [-0.2, -0.15) is 0 Å². The molecular weight excluding hydrogens is 404 g/mol. The SMILES string of the molecule is Cc1cccc(Nc2nnc(-c3ccc(-c4nnc(Nc5cccc(C)c5)o4)cc3)o2)c1. The van der Waals surface area contributed by atoms with Crippen LogP contribution in [0.5, 0.6) is 0 Å². The highest BCUT2D eigenvalue weighted by Gasteiger charge is 2.12. The molecule has 0 spiro atoms. The van der Waals surface area contributed by atoms with E-state index in [1.165, 1.54) is 0 Å². The van der Waals surface area contributed by atoms with E-state index in [9.17, 15) is 0 Å². The Morgan fingerprint density at radius 3 is 1.41 bits per heavy atom. The smallest absolute Gasteiger partial charge is 0.320 e. The van der Waals surface area contributed by atoms with Crippen molar-refractivity contribution in [2.75, 3.05) is 10.6 Å². The average molecular weight is 424 g/mol. The second-order valence-corrected chi connectivity index (χ2v) is 7.39. The Morgan fingerprint density at radius 2 is 1.00 bits per heavy atom. The van der Waals surface area contributed by atoms with E-state index < -0.39 is 0 Å². The van der Waals surface area contributed by atoms with Crippen molar-refractivity contribution in [2.45, 2.75) is 13.8 Å². The van der Waals surface area contributed by atoms with Crippen molar-refractivity contribution in [3.05, 3.63) is 83.9 Å². The molecule has 158 valence electrons. The predicted molar refractivity (Wildman–Crippen MR) is 122 cm³/mol. The van der Waals surface area contributed by atoms with Gasteiger partial charge in [-0.05, 0) is 73.5 Å². The highest BCUT2D eigenvalue weighted by molar-refractivity contribution is 5.63. The Morgan fingerprint density at radius 1 is 0.562 bits per heavy atom. The van der Waals surface area contributed by atoms with Crippen molar-refractivity contribution in [3.8, 4) is 22.9 Å². The summed E-state index contributed by atoms with van der Waals surface area (Å²) in [7, 11) is 0. The summed E-state index contributed by atoms with van der Waals surface area (Å²) in [6.07, 6.45) is 0. The predicted octanol–water partition coefficient (Wildman–Crippen LogP) is 5.89. The van der Waals surface area contributed by atoms with Gasteiger partial charge in [0, 0.05) is 22.5 Å². The van der Waals surface area contributed by atoms with Gasteiger partial charge in [0.1, 0.15) is 0 Å². The Kier molecular flexibility index (Phi) is 5.09. The second-order valence-electron chi connectivity index (χ2n) is 7.39. The Labute approximate surface area is 184 Å². The van der Waals surface area contributed by atoms with Crippen LogP contribution in [0, 0.1) is 13.8 Å². The lowest BCUT2D eigenvalue weighted by Gasteiger charge is -2.02. The van der Waals surface area contributed by atoms with Crippen LogP contribution in [0.4, 0.5) is 23.4 Å². The van der Waals surface area contributed by atoms with E-state index in [1.54, 1.807) is 0 Å². The van der Waals surface area contributed by atoms with E-state index in [0.717, 1.165) is 33.6 Å². The van der Waals surface area contributed by atoms with Gasteiger partial charge in [-0.1, -0.05) is 34.5 Å². The molecule has 0 aliphatic rings. The lowest BCUT2D eigenvalue weighted by atomic mass is 10.1. The van der Waals surface area contributed by atoms with Crippen molar-refractivity contribution in [1.82, 2.24) is 20.4 Å². The van der Waals surface area contributed by atoms with E-state index >= 15 is 0 Å². The Bertz CT molecular complexity index is 1250. The largest absolute Gasteiger partial charge is 0.403 e. The van der Waals surface area contributed by atoms with E-state index in [2.05, 4.69) is 31.0 Å². The molecule has 8 nitrogen and oxygen atoms in total. The fourth-order valence-electron chi connectivity index (χ4n) is 3.23. The van der Waals surface area contributed by atoms with E-state index in [0.29, 0.717) is 23.8 Å². The third-order valence-electron chi connectivity index (χ3n) is 4.77. The lowest BCUT2D eigenvalue weighted by molar-refractivity contribution is 0.585. The molecule has 0 amide bonds. The molecule has 5 aromatic rings. The summed E-state index contributed by atoms with van der Waals surface area (Å²) < 4.78 is 11.5. The molecule has 32 heavy (non-hydrogen) atoms. The molecule has 0 fully saturated rings. The molecule has 0 saturated heterocycles. The number of anilines is 4. The van der Waals surface area contributed by atoms with Crippen molar-refractivity contribution < 1.29 is 8.83 Å². The fraction of sp³-hybridized carbons (Fsp3) is 0.0833. The highest BCUT2D eigenvalue weighted by atomic mass is 16.4. The number of nitrogens with one attached hydrogen (secondary N) is 2. The molecule has 2 N–H and O–H groups in total. The van der Waals surface area contributed by atoms with Crippen LogP contribution in [0.15, 0.2) is 81.6 Å². The first-order chi connectivity index (χ1) is 15.6. The number of benzene rings is 3. The molecular formula is C24H20N6O2. The average Bonchev–Trinajstić information content (AvgIpc) is 3.44. The topological polar surface area (TPSA) is 102 Å². The van der Waals surface area contributed by atoms with Crippen molar-refractivity contribution in [3.63, 3.8) is 0 Å². The number of aryl methyl sites for hydroxylation is 2. The minimum absolute atomic E-state index is 0.332. The third kappa shape index (κ3) is 4.34. The Balaban J connectivity index is 1.29. The lowest BCUT2D eigenvalue weighted by Crippen LogP contribution is -1.90. The van der Waals surface area contributed by atoms with Gasteiger partial charge >= 0.3 is 12.0 Å². The van der Waals surface area contributed by atoms with Crippen LogP contribution in [0.25, 0.3) is 22.9 Å². The first kappa shape index (κ1) is 19.5. The van der Waals surface area contributed by atoms with Gasteiger partial charge in [0.2, 0.25) is 11.8 Å². The molecule has 0 atom stereocenters. The minimum Gasteiger partial charge on any atom is -0.403 e. The molecule has 3 aromatic carbocycles. The molecule has 0 unspecified atom stereocenters. The van der Waals surface area contributed by atoms with Gasteiger partial charge in [-0.3, -0.25) is 0 Å². The number of rotatable bonds is 6. The van der Waals surface area contributed by atoms with Crippen molar-refractivity contribution in [2.24, 2.45) is 0 Å². The second kappa shape index (κ2) is 8.35. The summed E-state index contributed by atoms with van der Waals surface area (Å²) in [5.41, 5.74) is 5.64. The van der Waals surface area contributed by atoms with Crippen molar-refractivity contribution >= 4 is 23.4 Å². The first-order valence-corrected chi connectivity index (χ1v) is 10.1. The van der Waals surface area contributed by atoms with E-state index in [1.807, 2.05) is 86.6 Å². The molecule has 0 bridgehead atoms. The monoisotopic (exact) mass is 424 g/mol.